The van der Waals surface area contributed by atoms with E-state index in [1.165, 1.54) is 32.8 Å². The number of carbonyl (C=O) groups excluding carboxylic acids is 1. The van der Waals surface area contributed by atoms with Gasteiger partial charge in [-0.1, -0.05) is 34.8 Å². The van der Waals surface area contributed by atoms with Gasteiger partial charge in [0.2, 0.25) is 0 Å². The molecule has 1 fully saturated rings. The highest BCUT2D eigenvalue weighted by atomic mass is 79.9. The van der Waals surface area contributed by atoms with Gasteiger partial charge in [-0.2, -0.15) is 0 Å². The van der Waals surface area contributed by atoms with Gasteiger partial charge >= 0.3 is 5.97 Å². The molecular formula is C16H22BrNO3. The number of nitrogens with one attached hydrogen (secondary N) is 1. The molecule has 5 heteroatoms. The van der Waals surface area contributed by atoms with Crippen LogP contribution in [0.1, 0.15) is 41.6 Å². The van der Waals surface area contributed by atoms with Crippen molar-refractivity contribution in [2.75, 3.05) is 20.3 Å². The molecule has 116 valence electrons. The second kappa shape index (κ2) is 8.51. The number of hydrogen-bond acceptors (Lipinski definition) is 4. The van der Waals surface area contributed by atoms with E-state index in [1.54, 1.807) is 12.1 Å². The molecular weight excluding hydrogens is 334 g/mol. The normalized spacial score (nSPS) is 15.3. The van der Waals surface area contributed by atoms with Crippen molar-refractivity contribution in [1.82, 2.24) is 5.32 Å². The molecule has 0 aliphatic heterocycles. The fourth-order valence-corrected chi connectivity index (χ4v) is 3.03. The van der Waals surface area contributed by atoms with Gasteiger partial charge in [-0.25, -0.2) is 4.79 Å². The predicted octanol–water partition coefficient (Wildman–Crippen LogP) is 3.28. The summed E-state index contributed by atoms with van der Waals surface area (Å²) in [4.78, 5) is 11.4. The van der Waals surface area contributed by atoms with Crippen molar-refractivity contribution >= 4 is 21.9 Å². The molecule has 1 N–H and O–H groups in total. The number of methoxy groups -OCH3 is 1. The number of benzene rings is 1. The molecule has 1 aromatic carbocycles. The summed E-state index contributed by atoms with van der Waals surface area (Å²) in [7, 11) is 1.38. The first kappa shape index (κ1) is 16.5. The standard InChI is InChI=1S/C16H22BrNO3/c1-20-16(19)12-6-7-13(15(17)10-12)11-18-8-9-21-14-4-2-3-5-14/h6-7,10,14,18H,2-5,8-9,11H2,1H3. The van der Waals surface area contributed by atoms with Crippen LogP contribution in [-0.4, -0.2) is 32.3 Å². The van der Waals surface area contributed by atoms with Gasteiger partial charge in [0.15, 0.2) is 0 Å². The Balaban J connectivity index is 1.71. The summed E-state index contributed by atoms with van der Waals surface area (Å²) in [6.45, 7) is 2.33. The number of ether oxygens (including phenoxy) is 2. The molecule has 0 aromatic heterocycles. The molecule has 0 heterocycles. The maximum Gasteiger partial charge on any atom is 0.337 e. The lowest BCUT2D eigenvalue weighted by Crippen LogP contribution is -2.22. The summed E-state index contributed by atoms with van der Waals surface area (Å²) in [6.07, 6.45) is 5.49. The predicted molar refractivity (Wildman–Crippen MR) is 85.4 cm³/mol. The van der Waals surface area contributed by atoms with Crippen molar-refractivity contribution in [2.45, 2.75) is 38.3 Å². The van der Waals surface area contributed by atoms with Crippen LogP contribution in [0, 0.1) is 0 Å². The number of carbonyl (C=O) groups is 1. The monoisotopic (exact) mass is 355 g/mol. The van der Waals surface area contributed by atoms with Crippen LogP contribution in [-0.2, 0) is 16.0 Å². The fraction of sp³-hybridized carbons (Fsp3) is 0.562. The first-order valence-corrected chi connectivity index (χ1v) is 8.19. The minimum Gasteiger partial charge on any atom is -0.465 e. The van der Waals surface area contributed by atoms with Crippen LogP contribution in [0.4, 0.5) is 0 Å². The van der Waals surface area contributed by atoms with E-state index in [2.05, 4.69) is 21.2 Å². The Kier molecular flexibility index (Phi) is 6.67. The molecule has 1 aromatic rings. The number of halogens is 1. The van der Waals surface area contributed by atoms with Crippen LogP contribution >= 0.6 is 15.9 Å². The van der Waals surface area contributed by atoms with Crippen LogP contribution < -0.4 is 5.32 Å². The third kappa shape index (κ3) is 5.09. The average molecular weight is 356 g/mol. The zero-order valence-electron chi connectivity index (χ0n) is 12.4. The van der Waals surface area contributed by atoms with Crippen LogP contribution in [0.2, 0.25) is 0 Å². The molecule has 0 amide bonds. The maximum absolute atomic E-state index is 11.4. The van der Waals surface area contributed by atoms with Gasteiger partial charge in [0.25, 0.3) is 0 Å². The first-order valence-electron chi connectivity index (χ1n) is 7.40. The lowest BCUT2D eigenvalue weighted by molar-refractivity contribution is 0.0599. The summed E-state index contributed by atoms with van der Waals surface area (Å²) in [6, 6.07) is 5.50. The number of hydrogen-bond donors (Lipinski definition) is 1. The summed E-state index contributed by atoms with van der Waals surface area (Å²) in [5.41, 5.74) is 1.67. The van der Waals surface area contributed by atoms with E-state index in [1.807, 2.05) is 6.07 Å². The second-order valence-corrected chi connectivity index (χ2v) is 6.11. The molecule has 0 bridgehead atoms. The highest BCUT2D eigenvalue weighted by Gasteiger charge is 2.14. The highest BCUT2D eigenvalue weighted by molar-refractivity contribution is 9.10. The summed E-state index contributed by atoms with van der Waals surface area (Å²) >= 11 is 3.49. The number of rotatable bonds is 7. The van der Waals surface area contributed by atoms with Crippen molar-refractivity contribution < 1.29 is 14.3 Å². The van der Waals surface area contributed by atoms with Gasteiger partial charge in [-0.3, -0.25) is 0 Å². The molecule has 0 spiro atoms. The lowest BCUT2D eigenvalue weighted by atomic mass is 10.1. The van der Waals surface area contributed by atoms with Gasteiger partial charge in [-0.15, -0.1) is 0 Å². The smallest absolute Gasteiger partial charge is 0.337 e. The molecule has 2 rings (SSSR count). The Morgan fingerprint density at radius 1 is 1.38 bits per heavy atom. The van der Waals surface area contributed by atoms with E-state index in [0.29, 0.717) is 11.7 Å². The Morgan fingerprint density at radius 3 is 2.81 bits per heavy atom. The molecule has 1 aliphatic rings. The Bertz CT molecular complexity index is 473. The van der Waals surface area contributed by atoms with E-state index >= 15 is 0 Å². The molecule has 1 saturated carbocycles. The lowest BCUT2D eigenvalue weighted by Gasteiger charge is -2.12. The molecule has 0 saturated heterocycles. The van der Waals surface area contributed by atoms with Gasteiger partial charge in [-0.05, 0) is 30.5 Å². The maximum atomic E-state index is 11.4. The minimum absolute atomic E-state index is 0.319. The van der Waals surface area contributed by atoms with Crippen molar-refractivity contribution in [3.05, 3.63) is 33.8 Å². The third-order valence-electron chi connectivity index (χ3n) is 3.72. The zero-order valence-corrected chi connectivity index (χ0v) is 13.9. The van der Waals surface area contributed by atoms with Crippen LogP contribution in [0.25, 0.3) is 0 Å². The zero-order chi connectivity index (χ0) is 15.1. The minimum atomic E-state index is -0.319. The molecule has 21 heavy (non-hydrogen) atoms. The van der Waals surface area contributed by atoms with E-state index in [0.717, 1.165) is 29.7 Å². The molecule has 0 atom stereocenters. The SMILES string of the molecule is COC(=O)c1ccc(CNCCOC2CCCC2)c(Br)c1. The third-order valence-corrected chi connectivity index (χ3v) is 4.46. The van der Waals surface area contributed by atoms with Crippen LogP contribution in [0.3, 0.4) is 0 Å². The topological polar surface area (TPSA) is 47.6 Å². The largest absolute Gasteiger partial charge is 0.465 e. The summed E-state index contributed by atoms with van der Waals surface area (Å²) in [5, 5.41) is 3.36. The van der Waals surface area contributed by atoms with Crippen molar-refractivity contribution in [3.63, 3.8) is 0 Å². The Morgan fingerprint density at radius 2 is 2.14 bits per heavy atom. The Labute approximate surface area is 134 Å². The van der Waals surface area contributed by atoms with Crippen LogP contribution in [0.15, 0.2) is 22.7 Å². The average Bonchev–Trinajstić information content (AvgIpc) is 3.00. The van der Waals surface area contributed by atoms with Gasteiger partial charge < -0.3 is 14.8 Å². The van der Waals surface area contributed by atoms with Gasteiger partial charge in [0.05, 0.1) is 25.4 Å². The first-order chi connectivity index (χ1) is 10.2. The van der Waals surface area contributed by atoms with Crippen LogP contribution in [0.5, 0.6) is 0 Å². The fourth-order valence-electron chi connectivity index (χ4n) is 2.51. The summed E-state index contributed by atoms with van der Waals surface area (Å²) in [5.74, 6) is -0.319. The van der Waals surface area contributed by atoms with Gasteiger partial charge in [0, 0.05) is 17.6 Å². The Hall–Kier alpha value is -0.910. The van der Waals surface area contributed by atoms with E-state index in [4.69, 9.17) is 9.47 Å². The van der Waals surface area contributed by atoms with E-state index in [-0.39, 0.29) is 5.97 Å². The van der Waals surface area contributed by atoms with Crippen molar-refractivity contribution in [2.24, 2.45) is 0 Å². The van der Waals surface area contributed by atoms with E-state index in [9.17, 15) is 4.79 Å². The number of esters is 1. The molecule has 1 aliphatic carbocycles. The van der Waals surface area contributed by atoms with E-state index < -0.39 is 0 Å². The second-order valence-electron chi connectivity index (χ2n) is 5.25. The molecule has 0 unspecified atom stereocenters. The molecule has 4 nitrogen and oxygen atoms in total. The quantitative estimate of drug-likeness (QED) is 0.602. The molecule has 0 radical (unpaired) electrons. The van der Waals surface area contributed by atoms with Crippen molar-refractivity contribution in [1.29, 1.82) is 0 Å². The highest BCUT2D eigenvalue weighted by Crippen LogP contribution is 2.21. The summed E-state index contributed by atoms with van der Waals surface area (Å²) < 4.78 is 11.4. The van der Waals surface area contributed by atoms with Gasteiger partial charge in [0.1, 0.15) is 0 Å². The van der Waals surface area contributed by atoms with Crippen molar-refractivity contribution in [3.8, 4) is 0 Å².